The van der Waals surface area contributed by atoms with Crippen molar-refractivity contribution < 1.29 is 29.6 Å². The lowest BCUT2D eigenvalue weighted by atomic mass is 9.47. The molecule has 1 heterocycles. The van der Waals surface area contributed by atoms with Crippen molar-refractivity contribution in [2.75, 3.05) is 6.61 Å². The van der Waals surface area contributed by atoms with E-state index in [1.165, 1.54) is 56.9 Å². The molecule has 5 rings (SSSR count). The van der Waals surface area contributed by atoms with Crippen LogP contribution in [-0.2, 0) is 14.3 Å². The summed E-state index contributed by atoms with van der Waals surface area (Å²) in [5.74, 6) is 10.9. The summed E-state index contributed by atoms with van der Waals surface area (Å²) in [5.41, 5.74) is 2.20. The zero-order valence-electron chi connectivity index (χ0n) is 27.2. The van der Waals surface area contributed by atoms with Crippen LogP contribution in [0.1, 0.15) is 112 Å². The van der Waals surface area contributed by atoms with Gasteiger partial charge < -0.3 is 29.6 Å². The molecule has 5 aliphatic rings. The Bertz CT molecular complexity index is 942. The minimum absolute atomic E-state index is 0.0846. The Balaban J connectivity index is 1.23. The number of allylic oxidation sites excluding steroid dienone is 1. The molecule has 0 radical (unpaired) electrons. The number of hydrogen-bond acceptors (Lipinski definition) is 7. The van der Waals surface area contributed by atoms with Crippen molar-refractivity contribution in [2.24, 2.45) is 58.2 Å². The molecule has 4 fully saturated rings. The number of nitrogens with two attached hydrogens (primary N) is 1. The second-order valence-electron chi connectivity index (χ2n) is 15.8. The molecule has 3 saturated carbocycles. The zero-order valence-corrected chi connectivity index (χ0v) is 27.2. The zero-order chi connectivity index (χ0) is 30.4. The van der Waals surface area contributed by atoms with Crippen molar-refractivity contribution in [3.63, 3.8) is 0 Å². The third-order valence-corrected chi connectivity index (χ3v) is 13.5. The molecule has 1 aliphatic heterocycles. The number of ether oxygens (including phenoxy) is 2. The van der Waals surface area contributed by atoms with Gasteiger partial charge in [-0.15, -0.1) is 0 Å². The van der Waals surface area contributed by atoms with Gasteiger partial charge in [-0.25, -0.2) is 5.90 Å². The summed E-state index contributed by atoms with van der Waals surface area (Å²) in [4.78, 5) is 4.66. The lowest BCUT2D eigenvalue weighted by Crippen LogP contribution is -2.60. The van der Waals surface area contributed by atoms with Gasteiger partial charge in [-0.1, -0.05) is 66.0 Å². The lowest BCUT2D eigenvalue weighted by Gasteiger charge is -2.58. The maximum absolute atomic E-state index is 10.6. The molecule has 1 saturated heterocycles. The van der Waals surface area contributed by atoms with Crippen molar-refractivity contribution in [2.45, 2.75) is 149 Å². The summed E-state index contributed by atoms with van der Waals surface area (Å²) in [7, 11) is 0. The molecule has 42 heavy (non-hydrogen) atoms. The topological polar surface area (TPSA) is 114 Å². The molecule has 14 atom stereocenters. The van der Waals surface area contributed by atoms with Crippen LogP contribution in [-0.4, -0.2) is 58.7 Å². The molecule has 0 spiro atoms. The van der Waals surface area contributed by atoms with Gasteiger partial charge in [0.25, 0.3) is 0 Å². The van der Waals surface area contributed by atoms with Crippen LogP contribution in [0.25, 0.3) is 0 Å². The van der Waals surface area contributed by atoms with Crippen LogP contribution >= 0.6 is 0 Å². The minimum atomic E-state index is -1.37. The first-order valence-corrected chi connectivity index (χ1v) is 17.3. The molecule has 5 N–H and O–H groups in total. The van der Waals surface area contributed by atoms with Gasteiger partial charge in [0.2, 0.25) is 0 Å². The van der Waals surface area contributed by atoms with E-state index in [0.29, 0.717) is 5.41 Å². The monoisotopic (exact) mass is 591 g/mol. The van der Waals surface area contributed by atoms with Crippen LogP contribution in [0, 0.1) is 52.3 Å². The van der Waals surface area contributed by atoms with Crippen LogP contribution in [0.15, 0.2) is 11.6 Å². The fraction of sp³-hybridized carbons (Fsp3) is 0.943. The first-order chi connectivity index (χ1) is 19.9. The summed E-state index contributed by atoms with van der Waals surface area (Å²) >= 11 is 0. The van der Waals surface area contributed by atoms with E-state index in [-0.39, 0.29) is 18.1 Å². The Labute approximate surface area is 254 Å². The first kappa shape index (κ1) is 32.8. The SMILES string of the molecule is CC[C@H](CC[C@@H](C)[C@H]1CC[C@H]2[C@@H]3CC=C4CC(O[C@@H]5O[C@H](CON)[C@@H](O)[C@H](O)[C@H]5O)CC[C@]4(C)[C@H]3CC[C@]12C)C(C)C. The van der Waals surface area contributed by atoms with Crippen molar-refractivity contribution in [1.29, 1.82) is 0 Å². The summed E-state index contributed by atoms with van der Waals surface area (Å²) < 4.78 is 12.1. The van der Waals surface area contributed by atoms with Crippen LogP contribution in [0.4, 0.5) is 0 Å². The molecular formula is C35H61NO6. The van der Waals surface area contributed by atoms with Crippen molar-refractivity contribution in [3.8, 4) is 0 Å². The summed E-state index contributed by atoms with van der Waals surface area (Å²) in [6, 6.07) is 0. The van der Waals surface area contributed by atoms with Crippen molar-refractivity contribution >= 4 is 0 Å². The van der Waals surface area contributed by atoms with Gasteiger partial charge in [0.1, 0.15) is 24.4 Å². The van der Waals surface area contributed by atoms with E-state index in [9.17, 15) is 15.3 Å². The third kappa shape index (κ3) is 5.90. The Kier molecular flexibility index (Phi) is 10.2. The molecule has 0 aromatic carbocycles. The number of hydrogen-bond donors (Lipinski definition) is 4. The number of rotatable bonds is 10. The van der Waals surface area contributed by atoms with Crippen LogP contribution in [0.3, 0.4) is 0 Å². The summed E-state index contributed by atoms with van der Waals surface area (Å²) in [6.45, 7) is 14.8. The largest absolute Gasteiger partial charge is 0.387 e. The second-order valence-corrected chi connectivity index (χ2v) is 15.8. The number of fused-ring (bicyclic) bond motifs is 5. The molecule has 1 unspecified atom stereocenters. The van der Waals surface area contributed by atoms with Crippen LogP contribution in [0.5, 0.6) is 0 Å². The Morgan fingerprint density at radius 2 is 1.74 bits per heavy atom. The molecular weight excluding hydrogens is 530 g/mol. The van der Waals surface area contributed by atoms with Crippen LogP contribution in [0.2, 0.25) is 0 Å². The predicted molar refractivity (Wildman–Crippen MR) is 164 cm³/mol. The first-order valence-electron chi connectivity index (χ1n) is 17.3. The molecule has 242 valence electrons. The number of aliphatic hydroxyl groups excluding tert-OH is 3. The fourth-order valence-electron chi connectivity index (χ4n) is 10.9. The maximum atomic E-state index is 10.6. The van der Waals surface area contributed by atoms with Crippen LogP contribution < -0.4 is 5.90 Å². The van der Waals surface area contributed by atoms with E-state index in [1.54, 1.807) is 0 Å². The van der Waals surface area contributed by atoms with Gasteiger partial charge in [-0.3, -0.25) is 0 Å². The van der Waals surface area contributed by atoms with Gasteiger partial charge in [0, 0.05) is 0 Å². The van der Waals surface area contributed by atoms with Gasteiger partial charge in [-0.2, -0.15) is 0 Å². The van der Waals surface area contributed by atoms with E-state index in [4.69, 9.17) is 15.4 Å². The van der Waals surface area contributed by atoms with Gasteiger partial charge >= 0.3 is 0 Å². The average molecular weight is 592 g/mol. The Hall–Kier alpha value is -0.540. The Morgan fingerprint density at radius 1 is 0.976 bits per heavy atom. The van der Waals surface area contributed by atoms with E-state index < -0.39 is 30.7 Å². The lowest BCUT2D eigenvalue weighted by molar-refractivity contribution is -0.314. The van der Waals surface area contributed by atoms with E-state index in [1.807, 2.05) is 0 Å². The molecule has 0 amide bonds. The highest BCUT2D eigenvalue weighted by molar-refractivity contribution is 5.25. The maximum Gasteiger partial charge on any atom is 0.186 e. The normalized spacial score (nSPS) is 46.9. The third-order valence-electron chi connectivity index (χ3n) is 13.5. The average Bonchev–Trinajstić information content (AvgIpc) is 3.32. The highest BCUT2D eigenvalue weighted by Crippen LogP contribution is 2.67. The highest BCUT2D eigenvalue weighted by atomic mass is 16.7. The molecule has 0 bridgehead atoms. The summed E-state index contributed by atoms with van der Waals surface area (Å²) in [5, 5.41) is 31.2. The molecule has 4 aliphatic carbocycles. The van der Waals surface area contributed by atoms with E-state index in [0.717, 1.165) is 60.7 Å². The second kappa shape index (κ2) is 13.1. The minimum Gasteiger partial charge on any atom is -0.387 e. The standard InChI is InChI=1S/C35H61NO6/c1-7-22(20(2)3)9-8-21(4)26-12-13-27-25-11-10-23-18-24(14-16-34(23,5)28(25)15-17-35(26,27)6)41-33-32(39)31(38)30(37)29(42-33)19-40-36/h10,20-22,24-33,37-39H,7-9,11-19,36H2,1-6H3/t21-,22-,24?,25+,26-,27+,28+,29-,30-,31+,32-,33-,34+,35-/m1/s1. The van der Waals surface area contributed by atoms with Gasteiger partial charge in [0.05, 0.1) is 12.7 Å². The van der Waals surface area contributed by atoms with Gasteiger partial charge in [0.15, 0.2) is 6.29 Å². The predicted octanol–water partition coefficient (Wildman–Crippen LogP) is 5.75. The smallest absolute Gasteiger partial charge is 0.186 e. The van der Waals surface area contributed by atoms with Gasteiger partial charge in [-0.05, 0) is 110 Å². The molecule has 0 aromatic heterocycles. The molecule has 7 nitrogen and oxygen atoms in total. The van der Waals surface area contributed by atoms with E-state index in [2.05, 4.69) is 52.5 Å². The van der Waals surface area contributed by atoms with E-state index >= 15 is 0 Å². The Morgan fingerprint density at radius 3 is 2.43 bits per heavy atom. The quantitative estimate of drug-likeness (QED) is 0.189. The van der Waals surface area contributed by atoms with Crippen molar-refractivity contribution in [1.82, 2.24) is 0 Å². The fourth-order valence-corrected chi connectivity index (χ4v) is 10.9. The molecule has 0 aromatic rings. The summed E-state index contributed by atoms with van der Waals surface area (Å²) in [6.07, 6.45) is 10.2. The van der Waals surface area contributed by atoms with Crippen molar-refractivity contribution in [3.05, 3.63) is 11.6 Å². The highest BCUT2D eigenvalue weighted by Gasteiger charge is 2.59. The molecule has 7 heteroatoms. The number of aliphatic hydroxyl groups is 3.